The van der Waals surface area contributed by atoms with Crippen molar-refractivity contribution in [2.45, 2.75) is 39.0 Å². The number of nitro groups is 1. The van der Waals surface area contributed by atoms with E-state index in [-0.39, 0.29) is 34.7 Å². The molecule has 1 aliphatic heterocycles. The summed E-state index contributed by atoms with van der Waals surface area (Å²) in [5, 5.41) is 16.1. The van der Waals surface area contributed by atoms with Crippen LogP contribution in [-0.2, 0) is 14.8 Å². The number of nitrogens with zero attached hydrogens (tertiary/aromatic N) is 4. The number of nitrogens with one attached hydrogen (secondary N) is 1. The van der Waals surface area contributed by atoms with E-state index in [0.29, 0.717) is 44.0 Å². The van der Waals surface area contributed by atoms with Crippen molar-refractivity contribution >= 4 is 21.6 Å². The molecule has 0 atom stereocenters. The average molecular weight is 558 g/mol. The Hall–Kier alpha value is -3.81. The monoisotopic (exact) mass is 557 g/mol. The van der Waals surface area contributed by atoms with Gasteiger partial charge in [0.25, 0.3) is 11.6 Å². The summed E-state index contributed by atoms with van der Waals surface area (Å²) in [6.07, 6.45) is 0.524. The van der Waals surface area contributed by atoms with Crippen LogP contribution in [0.2, 0.25) is 0 Å². The normalized spacial score (nSPS) is 13.9. The predicted molar refractivity (Wildman–Crippen MR) is 143 cm³/mol. The molecule has 3 aromatic rings. The highest BCUT2D eigenvalue weighted by Gasteiger charge is 2.30. The smallest absolute Gasteiger partial charge is 0.274 e. The average Bonchev–Trinajstić information content (AvgIpc) is 3.24. The summed E-state index contributed by atoms with van der Waals surface area (Å²) < 4.78 is 41.7. The maximum atomic E-state index is 13.4. The van der Waals surface area contributed by atoms with Crippen LogP contribution >= 0.6 is 0 Å². The molecule has 0 saturated carbocycles. The Balaban J connectivity index is 1.88. The number of aryl methyl sites for hydroxylation is 2. The number of morpholine rings is 1. The van der Waals surface area contributed by atoms with Crippen LogP contribution in [0.5, 0.6) is 11.6 Å². The van der Waals surface area contributed by atoms with Crippen molar-refractivity contribution in [1.29, 1.82) is 0 Å². The second kappa shape index (κ2) is 11.5. The molecule has 208 valence electrons. The van der Waals surface area contributed by atoms with E-state index in [1.807, 2.05) is 32.0 Å². The summed E-state index contributed by atoms with van der Waals surface area (Å²) in [6.45, 7) is 9.08. The van der Waals surface area contributed by atoms with Crippen molar-refractivity contribution in [2.24, 2.45) is 0 Å². The summed E-state index contributed by atoms with van der Waals surface area (Å²) in [7, 11) is -4.16. The van der Waals surface area contributed by atoms with Gasteiger partial charge in [0, 0.05) is 37.3 Å². The van der Waals surface area contributed by atoms with Crippen LogP contribution in [0, 0.1) is 30.9 Å². The van der Waals surface area contributed by atoms with E-state index in [1.54, 1.807) is 18.7 Å². The number of sulfonamides is 1. The number of ether oxygens (including phenoxy) is 2. The van der Waals surface area contributed by atoms with Crippen LogP contribution in [0.25, 0.3) is 5.69 Å². The predicted octanol–water partition coefficient (Wildman–Crippen LogP) is 3.66. The van der Waals surface area contributed by atoms with E-state index in [9.17, 15) is 23.3 Å². The van der Waals surface area contributed by atoms with Crippen molar-refractivity contribution in [3.05, 3.63) is 68.9 Å². The fraction of sp³-hybridized carbons (Fsp3) is 0.385. The molecule has 0 radical (unpaired) electrons. The van der Waals surface area contributed by atoms with Gasteiger partial charge in [-0.1, -0.05) is 19.1 Å². The zero-order valence-electron chi connectivity index (χ0n) is 22.3. The summed E-state index contributed by atoms with van der Waals surface area (Å²) in [5.74, 6) is -0.309. The van der Waals surface area contributed by atoms with Crippen molar-refractivity contribution in [3.63, 3.8) is 0 Å². The van der Waals surface area contributed by atoms with E-state index in [2.05, 4.69) is 9.82 Å². The zero-order valence-corrected chi connectivity index (χ0v) is 23.1. The molecule has 0 spiro atoms. The Labute approximate surface area is 226 Å². The number of carbonyl (C=O) groups excluding carboxylic acids is 1. The Bertz CT molecular complexity index is 1510. The summed E-state index contributed by atoms with van der Waals surface area (Å²) in [6, 6.07) is 9.10. The van der Waals surface area contributed by atoms with Gasteiger partial charge in [-0.2, -0.15) is 9.78 Å². The highest BCUT2D eigenvalue weighted by atomic mass is 32.2. The number of carbonyl (C=O) groups is 1. The van der Waals surface area contributed by atoms with Gasteiger partial charge in [0.2, 0.25) is 15.9 Å². The number of benzene rings is 2. The third kappa shape index (κ3) is 5.95. The van der Waals surface area contributed by atoms with Gasteiger partial charge in [0.1, 0.15) is 10.6 Å². The van der Waals surface area contributed by atoms with Gasteiger partial charge in [-0.15, -0.1) is 0 Å². The van der Waals surface area contributed by atoms with E-state index in [0.717, 1.165) is 17.2 Å². The molecular formula is C26H31N5O7S. The lowest BCUT2D eigenvalue weighted by Gasteiger charge is -2.26. The van der Waals surface area contributed by atoms with Gasteiger partial charge < -0.3 is 14.4 Å². The number of non-ortho nitro benzene ring substituents is 1. The number of nitro benzene ring substituents is 1. The quantitative estimate of drug-likeness (QED) is 0.310. The molecule has 0 bridgehead atoms. The highest BCUT2D eigenvalue weighted by Crippen LogP contribution is 2.36. The molecule has 39 heavy (non-hydrogen) atoms. The van der Waals surface area contributed by atoms with Crippen LogP contribution in [0.4, 0.5) is 5.69 Å². The Morgan fingerprint density at radius 1 is 1.15 bits per heavy atom. The van der Waals surface area contributed by atoms with Crippen molar-refractivity contribution in [2.75, 3.05) is 32.8 Å². The molecule has 0 aliphatic carbocycles. The molecule has 1 aromatic heterocycles. The van der Waals surface area contributed by atoms with Gasteiger partial charge in [0.15, 0.2) is 5.69 Å². The maximum Gasteiger partial charge on any atom is 0.274 e. The molecule has 1 N–H and O–H groups in total. The number of aromatic nitrogens is 2. The second-order valence-electron chi connectivity index (χ2n) is 9.27. The number of hydrogen-bond acceptors (Lipinski definition) is 8. The van der Waals surface area contributed by atoms with E-state index >= 15 is 0 Å². The molecule has 2 heterocycles. The lowest BCUT2D eigenvalue weighted by Crippen LogP contribution is -2.41. The molecule has 0 unspecified atom stereocenters. The lowest BCUT2D eigenvalue weighted by atomic mass is 10.1. The maximum absolute atomic E-state index is 13.4. The summed E-state index contributed by atoms with van der Waals surface area (Å²) in [5.41, 5.74) is 2.59. The van der Waals surface area contributed by atoms with Gasteiger partial charge in [-0.25, -0.2) is 13.1 Å². The van der Waals surface area contributed by atoms with Gasteiger partial charge in [0.05, 0.1) is 23.8 Å². The van der Waals surface area contributed by atoms with E-state index in [1.165, 1.54) is 16.8 Å². The first-order valence-corrected chi connectivity index (χ1v) is 14.0. The SMILES string of the molecule is CCCNS(=O)(=O)c1cc([N+](=O)[O-])ccc1Oc1c(C)c(C(=O)N2CCOCC2)nn1-c1cc(C)ccc1C. The zero-order chi connectivity index (χ0) is 28.3. The number of rotatable bonds is 9. The fourth-order valence-corrected chi connectivity index (χ4v) is 5.43. The Kier molecular flexibility index (Phi) is 8.33. The molecule has 4 rings (SSSR count). The van der Waals surface area contributed by atoms with Crippen molar-refractivity contribution in [1.82, 2.24) is 19.4 Å². The first-order chi connectivity index (χ1) is 18.5. The molecule has 1 amide bonds. The van der Waals surface area contributed by atoms with Gasteiger partial charge in [-0.3, -0.25) is 14.9 Å². The van der Waals surface area contributed by atoms with Gasteiger partial charge >= 0.3 is 0 Å². The first-order valence-electron chi connectivity index (χ1n) is 12.5. The molecule has 1 fully saturated rings. The van der Waals surface area contributed by atoms with Gasteiger partial charge in [-0.05, 0) is 50.5 Å². The second-order valence-corrected chi connectivity index (χ2v) is 11.0. The molecule has 13 heteroatoms. The van der Waals surface area contributed by atoms with Crippen LogP contribution in [0.1, 0.15) is 40.5 Å². The third-order valence-electron chi connectivity index (χ3n) is 6.34. The molecule has 1 saturated heterocycles. The van der Waals surface area contributed by atoms with E-state index < -0.39 is 20.6 Å². The number of amides is 1. The minimum atomic E-state index is -4.16. The lowest BCUT2D eigenvalue weighted by molar-refractivity contribution is -0.385. The van der Waals surface area contributed by atoms with Crippen LogP contribution in [-0.4, -0.2) is 66.8 Å². The molecule has 12 nitrogen and oxygen atoms in total. The Morgan fingerprint density at radius 3 is 2.54 bits per heavy atom. The minimum Gasteiger partial charge on any atom is -0.437 e. The third-order valence-corrected chi connectivity index (χ3v) is 7.82. The highest BCUT2D eigenvalue weighted by molar-refractivity contribution is 7.89. The number of hydrogen-bond donors (Lipinski definition) is 1. The fourth-order valence-electron chi connectivity index (χ4n) is 4.15. The minimum absolute atomic E-state index is 0.126. The van der Waals surface area contributed by atoms with E-state index in [4.69, 9.17) is 9.47 Å². The molecule has 1 aliphatic rings. The van der Waals surface area contributed by atoms with Crippen molar-refractivity contribution < 1.29 is 27.6 Å². The Morgan fingerprint density at radius 2 is 1.87 bits per heavy atom. The standard InChI is InChI=1S/C26H31N5O7S/c1-5-10-27-39(35,36)23-16-20(31(33)34)8-9-22(23)38-26-19(4)24(25(32)29-11-13-37-14-12-29)28-30(26)21-15-17(2)6-7-18(21)3/h6-9,15-16,27H,5,10-14H2,1-4H3. The van der Waals surface area contributed by atoms with Crippen LogP contribution < -0.4 is 9.46 Å². The first kappa shape index (κ1) is 28.2. The van der Waals surface area contributed by atoms with Crippen molar-refractivity contribution in [3.8, 4) is 17.3 Å². The summed E-state index contributed by atoms with van der Waals surface area (Å²) >= 11 is 0. The summed E-state index contributed by atoms with van der Waals surface area (Å²) in [4.78, 5) is 25.5. The topological polar surface area (TPSA) is 146 Å². The van der Waals surface area contributed by atoms with Crippen LogP contribution in [0.3, 0.4) is 0 Å². The van der Waals surface area contributed by atoms with Crippen LogP contribution in [0.15, 0.2) is 41.3 Å². The molecular weight excluding hydrogens is 526 g/mol. The largest absolute Gasteiger partial charge is 0.437 e. The molecule has 2 aromatic carbocycles.